The zero-order chi connectivity index (χ0) is 18.9. The molecule has 6 heteroatoms. The third kappa shape index (κ3) is 4.36. The molecule has 2 aromatic rings. The van der Waals surface area contributed by atoms with Crippen molar-refractivity contribution in [2.75, 3.05) is 6.54 Å². The topological polar surface area (TPSA) is 83.2 Å². The van der Waals surface area contributed by atoms with Crippen LogP contribution in [0.25, 0.3) is 10.9 Å². The molecule has 1 aromatic heterocycles. The van der Waals surface area contributed by atoms with Gasteiger partial charge in [0.1, 0.15) is 5.60 Å². The maximum Gasteiger partial charge on any atom is 0.407 e. The molecule has 0 saturated heterocycles. The molecule has 3 N–H and O–H groups in total. The number of carbonyl (C=O) groups is 2. The first kappa shape index (κ1) is 18.3. The zero-order valence-electron chi connectivity index (χ0n) is 15.9. The maximum absolute atomic E-state index is 12.1. The molecule has 0 aliphatic heterocycles. The number of hydrogen-bond acceptors (Lipinski definition) is 3. The van der Waals surface area contributed by atoms with E-state index < -0.39 is 11.7 Å². The highest BCUT2D eigenvalue weighted by Crippen LogP contribution is 2.30. The molecule has 3 rings (SSSR count). The van der Waals surface area contributed by atoms with Crippen LogP contribution >= 0.6 is 0 Å². The fraction of sp³-hybridized carbons (Fsp3) is 0.500. The first-order chi connectivity index (χ1) is 12.2. The van der Waals surface area contributed by atoms with Crippen LogP contribution in [-0.4, -0.2) is 35.2 Å². The summed E-state index contributed by atoms with van der Waals surface area (Å²) >= 11 is 0. The summed E-state index contributed by atoms with van der Waals surface area (Å²) in [5.74, 6) is -0.0586. The van der Waals surface area contributed by atoms with Crippen molar-refractivity contribution in [1.29, 1.82) is 0 Å². The number of alkyl carbamates (subject to hydrolysis) is 1. The lowest BCUT2D eigenvalue weighted by atomic mass is 10.1. The lowest BCUT2D eigenvalue weighted by molar-refractivity contribution is -0.121. The molecule has 0 spiro atoms. The third-order valence-corrected chi connectivity index (χ3v) is 4.44. The Bertz CT molecular complexity index is 833. The minimum Gasteiger partial charge on any atom is -0.444 e. The first-order valence-electron chi connectivity index (χ1n) is 9.07. The van der Waals surface area contributed by atoms with E-state index in [0.717, 1.165) is 18.4 Å². The monoisotopic (exact) mass is 357 g/mol. The fourth-order valence-electron chi connectivity index (χ4n) is 3.38. The van der Waals surface area contributed by atoms with Gasteiger partial charge in [0.15, 0.2) is 0 Å². The second-order valence-electron chi connectivity index (χ2n) is 7.98. The molecule has 1 aromatic carbocycles. The number of aromatic amines is 1. The standard InChI is InChI=1S/C20H27N3O3/c1-12-5-6-16-14(9-12)15-10-13(11-17(15)23-16)22-18(24)7-8-21-19(25)26-20(2,3)4/h5-6,9,13,23H,7-8,10-11H2,1-4H3,(H,21,25)(H,22,24). The first-order valence-corrected chi connectivity index (χ1v) is 9.07. The molecular formula is C20H27N3O3. The average molecular weight is 357 g/mol. The van der Waals surface area contributed by atoms with E-state index in [1.807, 2.05) is 0 Å². The Labute approximate surface area is 153 Å². The van der Waals surface area contributed by atoms with Gasteiger partial charge < -0.3 is 20.4 Å². The van der Waals surface area contributed by atoms with Gasteiger partial charge in [0.05, 0.1) is 0 Å². The number of amides is 2. The summed E-state index contributed by atoms with van der Waals surface area (Å²) in [5, 5.41) is 6.92. The van der Waals surface area contributed by atoms with Gasteiger partial charge >= 0.3 is 6.09 Å². The van der Waals surface area contributed by atoms with Gasteiger partial charge in [0, 0.05) is 42.0 Å². The van der Waals surface area contributed by atoms with Gasteiger partial charge in [-0.2, -0.15) is 0 Å². The predicted octanol–water partition coefficient (Wildman–Crippen LogP) is 2.97. The van der Waals surface area contributed by atoms with E-state index in [9.17, 15) is 9.59 Å². The van der Waals surface area contributed by atoms with Crippen molar-refractivity contribution in [2.45, 2.75) is 58.6 Å². The van der Waals surface area contributed by atoms with Crippen molar-refractivity contribution in [3.63, 3.8) is 0 Å². The molecule has 26 heavy (non-hydrogen) atoms. The van der Waals surface area contributed by atoms with Crippen LogP contribution in [0.1, 0.15) is 44.0 Å². The van der Waals surface area contributed by atoms with Crippen LogP contribution in [0.3, 0.4) is 0 Å². The molecule has 1 atom stereocenters. The Hall–Kier alpha value is -2.50. The molecule has 0 saturated carbocycles. The van der Waals surface area contributed by atoms with Crippen LogP contribution in [-0.2, 0) is 22.4 Å². The Morgan fingerprint density at radius 3 is 2.77 bits per heavy atom. The minimum absolute atomic E-state index is 0.0586. The van der Waals surface area contributed by atoms with Crippen LogP contribution in [0.15, 0.2) is 18.2 Å². The van der Waals surface area contributed by atoms with Crippen LogP contribution in [0.4, 0.5) is 4.79 Å². The van der Waals surface area contributed by atoms with E-state index in [0.29, 0.717) is 0 Å². The van der Waals surface area contributed by atoms with Crippen molar-refractivity contribution in [3.05, 3.63) is 35.0 Å². The van der Waals surface area contributed by atoms with Crippen molar-refractivity contribution in [1.82, 2.24) is 15.6 Å². The summed E-state index contributed by atoms with van der Waals surface area (Å²) in [7, 11) is 0. The second-order valence-corrected chi connectivity index (χ2v) is 7.98. The molecule has 0 fully saturated rings. The SMILES string of the molecule is Cc1ccc2[nH]c3c(c2c1)CC(NC(=O)CCNC(=O)OC(C)(C)C)C3. The number of ether oxygens (including phenoxy) is 1. The van der Waals surface area contributed by atoms with Gasteiger partial charge in [-0.1, -0.05) is 11.6 Å². The smallest absolute Gasteiger partial charge is 0.407 e. The number of nitrogens with one attached hydrogen (secondary N) is 3. The van der Waals surface area contributed by atoms with E-state index in [4.69, 9.17) is 4.74 Å². The minimum atomic E-state index is -0.538. The normalized spacial score (nSPS) is 16.4. The van der Waals surface area contributed by atoms with Gasteiger partial charge in [-0.25, -0.2) is 4.79 Å². The van der Waals surface area contributed by atoms with Crippen LogP contribution in [0.2, 0.25) is 0 Å². The van der Waals surface area contributed by atoms with Gasteiger partial charge in [-0.05, 0) is 51.8 Å². The molecule has 1 unspecified atom stereocenters. The number of carbonyl (C=O) groups excluding carboxylic acids is 2. The van der Waals surface area contributed by atoms with Gasteiger partial charge in [-0.3, -0.25) is 4.79 Å². The Balaban J connectivity index is 1.47. The third-order valence-electron chi connectivity index (χ3n) is 4.44. The Kier molecular flexibility index (Phi) is 4.94. The second kappa shape index (κ2) is 7.02. The molecule has 140 valence electrons. The summed E-state index contributed by atoms with van der Waals surface area (Å²) < 4.78 is 5.15. The van der Waals surface area contributed by atoms with E-state index in [-0.39, 0.29) is 24.9 Å². The van der Waals surface area contributed by atoms with Gasteiger partial charge in [-0.15, -0.1) is 0 Å². The number of fused-ring (bicyclic) bond motifs is 3. The van der Waals surface area contributed by atoms with Crippen LogP contribution < -0.4 is 10.6 Å². The Morgan fingerprint density at radius 1 is 1.27 bits per heavy atom. The summed E-state index contributed by atoms with van der Waals surface area (Å²) in [5.41, 5.74) is 4.37. The fourth-order valence-corrected chi connectivity index (χ4v) is 3.38. The number of hydrogen-bond donors (Lipinski definition) is 3. The van der Waals surface area contributed by atoms with Crippen molar-refractivity contribution in [2.24, 2.45) is 0 Å². The molecule has 1 aliphatic carbocycles. The van der Waals surface area contributed by atoms with Crippen LogP contribution in [0.5, 0.6) is 0 Å². The summed E-state index contributed by atoms with van der Waals surface area (Å²) in [4.78, 5) is 27.2. The van der Waals surface area contributed by atoms with E-state index in [1.165, 1.54) is 22.2 Å². The number of aromatic nitrogens is 1. The van der Waals surface area contributed by atoms with E-state index in [1.54, 1.807) is 20.8 Å². The highest BCUT2D eigenvalue weighted by Gasteiger charge is 2.26. The number of aryl methyl sites for hydroxylation is 1. The molecular weight excluding hydrogens is 330 g/mol. The molecule has 0 radical (unpaired) electrons. The highest BCUT2D eigenvalue weighted by atomic mass is 16.6. The van der Waals surface area contributed by atoms with Crippen molar-refractivity contribution < 1.29 is 14.3 Å². The summed E-state index contributed by atoms with van der Waals surface area (Å²) in [6, 6.07) is 6.51. The van der Waals surface area contributed by atoms with Gasteiger partial charge in [0.25, 0.3) is 0 Å². The van der Waals surface area contributed by atoms with E-state index in [2.05, 4.69) is 40.7 Å². The largest absolute Gasteiger partial charge is 0.444 e. The zero-order valence-corrected chi connectivity index (χ0v) is 15.9. The van der Waals surface area contributed by atoms with Crippen molar-refractivity contribution >= 4 is 22.9 Å². The molecule has 2 amide bonds. The Morgan fingerprint density at radius 2 is 2.04 bits per heavy atom. The predicted molar refractivity (Wildman–Crippen MR) is 101 cm³/mol. The number of rotatable bonds is 4. The van der Waals surface area contributed by atoms with E-state index >= 15 is 0 Å². The van der Waals surface area contributed by atoms with Gasteiger partial charge in [0.2, 0.25) is 5.91 Å². The maximum atomic E-state index is 12.1. The highest BCUT2D eigenvalue weighted by molar-refractivity contribution is 5.86. The lowest BCUT2D eigenvalue weighted by Gasteiger charge is -2.19. The quantitative estimate of drug-likeness (QED) is 0.787. The average Bonchev–Trinajstić information content (AvgIpc) is 3.02. The molecule has 1 aliphatic rings. The number of H-pyrrole nitrogens is 1. The molecule has 6 nitrogen and oxygen atoms in total. The molecule has 0 bridgehead atoms. The lowest BCUT2D eigenvalue weighted by Crippen LogP contribution is -2.38. The van der Waals surface area contributed by atoms with Crippen molar-refractivity contribution in [3.8, 4) is 0 Å². The summed E-state index contributed by atoms with van der Waals surface area (Å²) in [6.07, 6.45) is 1.39. The molecule has 1 heterocycles. The summed E-state index contributed by atoms with van der Waals surface area (Å²) in [6.45, 7) is 7.77. The van der Waals surface area contributed by atoms with Crippen LogP contribution in [0, 0.1) is 6.92 Å². The number of benzene rings is 1.